The molecule has 27 heavy (non-hydrogen) atoms. The highest BCUT2D eigenvalue weighted by Gasteiger charge is 2.15. The summed E-state index contributed by atoms with van der Waals surface area (Å²) in [4.78, 5) is 18.0. The van der Waals surface area contributed by atoms with Gasteiger partial charge in [-0.1, -0.05) is 29.8 Å². The van der Waals surface area contributed by atoms with Gasteiger partial charge < -0.3 is 14.8 Å². The molecule has 0 aliphatic carbocycles. The largest absolute Gasteiger partial charge is 0.486 e. The van der Waals surface area contributed by atoms with Crippen LogP contribution in [0.4, 0.5) is 5.13 Å². The molecule has 0 bridgehead atoms. The molecular formula is C20H17ClN2O3S. The molecule has 0 spiro atoms. The van der Waals surface area contributed by atoms with E-state index >= 15 is 0 Å². The van der Waals surface area contributed by atoms with E-state index in [0.717, 1.165) is 21.7 Å². The van der Waals surface area contributed by atoms with E-state index in [1.807, 2.05) is 49.4 Å². The summed E-state index contributed by atoms with van der Waals surface area (Å²) in [6.07, 6.45) is 0.242. The van der Waals surface area contributed by atoms with E-state index in [9.17, 15) is 4.79 Å². The number of halogens is 1. The minimum Gasteiger partial charge on any atom is -0.486 e. The van der Waals surface area contributed by atoms with E-state index in [2.05, 4.69) is 10.3 Å². The van der Waals surface area contributed by atoms with Crippen molar-refractivity contribution in [1.82, 2.24) is 4.98 Å². The number of benzene rings is 2. The molecule has 1 amide bonds. The van der Waals surface area contributed by atoms with Crippen LogP contribution < -0.4 is 14.8 Å². The van der Waals surface area contributed by atoms with Crippen LogP contribution >= 0.6 is 22.9 Å². The van der Waals surface area contributed by atoms with Gasteiger partial charge in [0.05, 0.1) is 12.1 Å². The van der Waals surface area contributed by atoms with Gasteiger partial charge in [0.25, 0.3) is 0 Å². The quantitative estimate of drug-likeness (QED) is 0.688. The molecule has 0 saturated heterocycles. The van der Waals surface area contributed by atoms with Crippen LogP contribution in [0.1, 0.15) is 10.4 Å². The van der Waals surface area contributed by atoms with E-state index in [0.29, 0.717) is 34.9 Å². The third kappa shape index (κ3) is 4.07. The molecule has 5 nitrogen and oxygen atoms in total. The third-order valence-corrected chi connectivity index (χ3v) is 5.27. The molecule has 1 aliphatic rings. The van der Waals surface area contributed by atoms with Gasteiger partial charge in [-0.05, 0) is 36.8 Å². The molecule has 2 heterocycles. The number of carbonyl (C=O) groups is 1. The first kappa shape index (κ1) is 17.8. The Bertz CT molecular complexity index is 985. The highest BCUT2D eigenvalue weighted by Crippen LogP contribution is 2.32. The summed E-state index contributed by atoms with van der Waals surface area (Å²) >= 11 is 7.40. The fourth-order valence-corrected chi connectivity index (χ4v) is 3.85. The molecule has 7 heteroatoms. The van der Waals surface area contributed by atoms with Crippen LogP contribution in [-0.4, -0.2) is 24.1 Å². The SMILES string of the molecule is Cc1sc(NC(=O)Cc2ccc3c(c2)OCCO3)nc1-c1ccc(Cl)cc1. The van der Waals surface area contributed by atoms with E-state index < -0.39 is 0 Å². The zero-order valence-electron chi connectivity index (χ0n) is 14.6. The molecule has 1 N–H and O–H groups in total. The predicted octanol–water partition coefficient (Wildman–Crippen LogP) is 4.72. The first-order chi connectivity index (χ1) is 13.1. The second kappa shape index (κ2) is 7.58. The number of rotatable bonds is 4. The summed E-state index contributed by atoms with van der Waals surface area (Å²) in [7, 11) is 0. The van der Waals surface area contributed by atoms with Crippen LogP contribution in [0.3, 0.4) is 0 Å². The standard InChI is InChI=1S/C20H17ClN2O3S/c1-12-19(14-3-5-15(21)6-4-14)23-20(27-12)22-18(24)11-13-2-7-16-17(10-13)26-9-8-25-16/h2-7,10H,8-9,11H2,1H3,(H,22,23,24). The molecule has 2 aromatic carbocycles. The summed E-state index contributed by atoms with van der Waals surface area (Å²) in [5.41, 5.74) is 2.69. The van der Waals surface area contributed by atoms with Crippen molar-refractivity contribution in [2.24, 2.45) is 0 Å². The zero-order valence-corrected chi connectivity index (χ0v) is 16.2. The molecule has 0 fully saturated rings. The number of anilines is 1. The fraction of sp³-hybridized carbons (Fsp3) is 0.200. The number of aryl methyl sites for hydroxylation is 1. The second-order valence-corrected chi connectivity index (χ2v) is 7.77. The Kier molecular flexibility index (Phi) is 5.01. The highest BCUT2D eigenvalue weighted by molar-refractivity contribution is 7.16. The molecular weight excluding hydrogens is 384 g/mol. The highest BCUT2D eigenvalue weighted by atomic mass is 35.5. The summed E-state index contributed by atoms with van der Waals surface area (Å²) < 4.78 is 11.1. The lowest BCUT2D eigenvalue weighted by Gasteiger charge is -2.18. The van der Waals surface area contributed by atoms with Gasteiger partial charge in [0.15, 0.2) is 16.6 Å². The van der Waals surface area contributed by atoms with Crippen molar-refractivity contribution in [2.45, 2.75) is 13.3 Å². The summed E-state index contributed by atoms with van der Waals surface area (Å²) in [6, 6.07) is 13.1. The molecule has 0 radical (unpaired) electrons. The molecule has 3 aromatic rings. The van der Waals surface area contributed by atoms with Gasteiger partial charge in [-0.3, -0.25) is 4.79 Å². The Morgan fingerprint density at radius 1 is 1.15 bits per heavy atom. The van der Waals surface area contributed by atoms with Crippen LogP contribution in [0, 0.1) is 6.92 Å². The normalized spacial score (nSPS) is 12.7. The van der Waals surface area contributed by atoms with Crippen molar-refractivity contribution in [2.75, 3.05) is 18.5 Å². The molecule has 1 aliphatic heterocycles. The minimum absolute atomic E-state index is 0.122. The monoisotopic (exact) mass is 400 g/mol. The van der Waals surface area contributed by atoms with Crippen LogP contribution in [0.25, 0.3) is 11.3 Å². The average Bonchev–Trinajstić information content (AvgIpc) is 3.02. The lowest BCUT2D eigenvalue weighted by molar-refractivity contribution is -0.115. The number of aromatic nitrogens is 1. The molecule has 1 aromatic heterocycles. The Morgan fingerprint density at radius 3 is 2.67 bits per heavy atom. The van der Waals surface area contributed by atoms with Crippen molar-refractivity contribution >= 4 is 34.0 Å². The maximum Gasteiger partial charge on any atom is 0.230 e. The van der Waals surface area contributed by atoms with Crippen molar-refractivity contribution in [1.29, 1.82) is 0 Å². The summed E-state index contributed by atoms with van der Waals surface area (Å²) in [6.45, 7) is 3.05. The lowest BCUT2D eigenvalue weighted by atomic mass is 10.1. The topological polar surface area (TPSA) is 60.5 Å². The Balaban J connectivity index is 1.45. The smallest absolute Gasteiger partial charge is 0.230 e. The van der Waals surface area contributed by atoms with Gasteiger partial charge in [0.2, 0.25) is 5.91 Å². The van der Waals surface area contributed by atoms with Gasteiger partial charge in [0, 0.05) is 15.5 Å². The van der Waals surface area contributed by atoms with Crippen LogP contribution in [0.15, 0.2) is 42.5 Å². The van der Waals surface area contributed by atoms with Crippen LogP contribution in [0.5, 0.6) is 11.5 Å². The Labute approximate surface area is 165 Å². The molecule has 4 rings (SSSR count). The number of amides is 1. The number of nitrogens with zero attached hydrogens (tertiary/aromatic N) is 1. The maximum atomic E-state index is 12.4. The van der Waals surface area contributed by atoms with Gasteiger partial charge >= 0.3 is 0 Å². The molecule has 0 saturated carbocycles. The van der Waals surface area contributed by atoms with Gasteiger partial charge in [-0.2, -0.15) is 0 Å². The summed E-state index contributed by atoms with van der Waals surface area (Å²) in [5, 5.41) is 4.15. The van der Waals surface area contributed by atoms with E-state index in [4.69, 9.17) is 21.1 Å². The predicted molar refractivity (Wildman–Crippen MR) is 107 cm³/mol. The number of hydrogen-bond acceptors (Lipinski definition) is 5. The Hall–Kier alpha value is -2.57. The first-order valence-corrected chi connectivity index (χ1v) is 9.70. The fourth-order valence-electron chi connectivity index (χ4n) is 2.87. The lowest BCUT2D eigenvalue weighted by Crippen LogP contribution is -2.17. The molecule has 138 valence electrons. The van der Waals surface area contributed by atoms with Crippen molar-refractivity contribution < 1.29 is 14.3 Å². The van der Waals surface area contributed by atoms with E-state index in [1.54, 1.807) is 0 Å². The first-order valence-electron chi connectivity index (χ1n) is 8.50. The Morgan fingerprint density at radius 2 is 1.89 bits per heavy atom. The number of fused-ring (bicyclic) bond motifs is 1. The van der Waals surface area contributed by atoms with Gasteiger partial charge in [0.1, 0.15) is 13.2 Å². The third-order valence-electron chi connectivity index (χ3n) is 4.13. The number of hydrogen-bond donors (Lipinski definition) is 1. The van der Waals surface area contributed by atoms with E-state index in [-0.39, 0.29) is 12.3 Å². The van der Waals surface area contributed by atoms with Crippen LogP contribution in [0.2, 0.25) is 5.02 Å². The second-order valence-electron chi connectivity index (χ2n) is 6.13. The zero-order chi connectivity index (χ0) is 18.8. The van der Waals surface area contributed by atoms with Crippen LogP contribution in [-0.2, 0) is 11.2 Å². The molecule has 0 atom stereocenters. The number of ether oxygens (including phenoxy) is 2. The van der Waals surface area contributed by atoms with Crippen molar-refractivity contribution in [3.63, 3.8) is 0 Å². The number of thiazole rings is 1. The molecule has 0 unspecified atom stereocenters. The average molecular weight is 401 g/mol. The van der Waals surface area contributed by atoms with Gasteiger partial charge in [-0.25, -0.2) is 4.98 Å². The van der Waals surface area contributed by atoms with E-state index in [1.165, 1.54) is 11.3 Å². The number of nitrogens with one attached hydrogen (secondary N) is 1. The van der Waals surface area contributed by atoms with Crippen molar-refractivity contribution in [3.8, 4) is 22.8 Å². The minimum atomic E-state index is -0.122. The van der Waals surface area contributed by atoms with Gasteiger partial charge in [-0.15, -0.1) is 11.3 Å². The van der Waals surface area contributed by atoms with Crippen molar-refractivity contribution in [3.05, 3.63) is 57.9 Å². The number of carbonyl (C=O) groups excluding carboxylic acids is 1. The maximum absolute atomic E-state index is 12.4. The summed E-state index contributed by atoms with van der Waals surface area (Å²) in [5.74, 6) is 1.28.